The lowest BCUT2D eigenvalue weighted by Crippen LogP contribution is -2.44. The quantitative estimate of drug-likeness (QED) is 0.662. The van der Waals surface area contributed by atoms with E-state index in [0.29, 0.717) is 26.2 Å². The van der Waals surface area contributed by atoms with Gasteiger partial charge in [-0.05, 0) is 7.05 Å². The molecule has 0 atom stereocenters. The Balaban J connectivity index is 2.44. The fourth-order valence-electron chi connectivity index (χ4n) is 2.16. The van der Waals surface area contributed by atoms with Crippen molar-refractivity contribution in [1.82, 2.24) is 4.90 Å². The highest BCUT2D eigenvalue weighted by Gasteiger charge is 2.26. The van der Waals surface area contributed by atoms with Crippen molar-refractivity contribution in [3.8, 4) is 0 Å². The Morgan fingerprint density at radius 3 is 2.45 bits per heavy atom. The first kappa shape index (κ1) is 14.2. The Morgan fingerprint density at radius 1 is 1.35 bits per heavy atom. The van der Waals surface area contributed by atoms with Crippen LogP contribution in [0.1, 0.15) is 10.4 Å². The number of likely N-dealkylation sites (N-methyl/N-ethyl adjacent to an activating group) is 1. The normalized spacial score (nSPS) is 16.2. The minimum absolute atomic E-state index is 0.130. The minimum atomic E-state index is -1.52. The summed E-state index contributed by atoms with van der Waals surface area (Å²) in [6.07, 6.45) is 0. The Hall–Kier alpha value is -2.22. The van der Waals surface area contributed by atoms with Crippen LogP contribution >= 0.6 is 0 Å². The van der Waals surface area contributed by atoms with Gasteiger partial charge in [0.15, 0.2) is 0 Å². The summed E-state index contributed by atoms with van der Waals surface area (Å²) in [5.74, 6) is -2.48. The molecule has 1 aromatic carbocycles. The van der Waals surface area contributed by atoms with Gasteiger partial charge in [0.05, 0.1) is 4.92 Å². The second-order valence-corrected chi connectivity index (χ2v) is 4.67. The van der Waals surface area contributed by atoms with Crippen LogP contribution in [0.3, 0.4) is 0 Å². The highest BCUT2D eigenvalue weighted by atomic mass is 19.1. The zero-order valence-electron chi connectivity index (χ0n) is 10.9. The van der Waals surface area contributed by atoms with E-state index in [1.165, 1.54) is 0 Å². The lowest BCUT2D eigenvalue weighted by atomic mass is 10.1. The highest BCUT2D eigenvalue weighted by Crippen LogP contribution is 2.31. The van der Waals surface area contributed by atoms with E-state index in [0.717, 1.165) is 12.1 Å². The maximum Gasteiger partial charge on any atom is 0.338 e. The van der Waals surface area contributed by atoms with Crippen molar-refractivity contribution in [2.45, 2.75) is 0 Å². The summed E-state index contributed by atoms with van der Waals surface area (Å²) >= 11 is 0. The third kappa shape index (κ3) is 2.69. The highest BCUT2D eigenvalue weighted by molar-refractivity contribution is 5.90. The molecule has 8 heteroatoms. The first-order valence-corrected chi connectivity index (χ1v) is 6.05. The van der Waals surface area contributed by atoms with Crippen LogP contribution in [0.5, 0.6) is 0 Å². The molecule has 0 amide bonds. The van der Waals surface area contributed by atoms with E-state index in [1.54, 1.807) is 4.90 Å². The second kappa shape index (κ2) is 5.41. The molecule has 0 aromatic heterocycles. The number of benzene rings is 1. The van der Waals surface area contributed by atoms with Crippen molar-refractivity contribution in [3.05, 3.63) is 33.6 Å². The zero-order chi connectivity index (χ0) is 14.9. The molecule has 0 aliphatic carbocycles. The lowest BCUT2D eigenvalue weighted by Gasteiger charge is -2.33. The summed E-state index contributed by atoms with van der Waals surface area (Å²) in [7, 11) is 1.93. The predicted molar refractivity (Wildman–Crippen MR) is 69.7 cm³/mol. The number of piperazine rings is 1. The molecule has 7 nitrogen and oxygen atoms in total. The molecular formula is C12H14FN3O4. The molecule has 1 aliphatic heterocycles. The van der Waals surface area contributed by atoms with Gasteiger partial charge in [-0.15, -0.1) is 0 Å². The van der Waals surface area contributed by atoms with Gasteiger partial charge >= 0.3 is 5.97 Å². The number of halogens is 1. The number of carboxylic acid groups (broad SMARTS) is 1. The van der Waals surface area contributed by atoms with Crippen molar-refractivity contribution in [2.24, 2.45) is 0 Å². The van der Waals surface area contributed by atoms with Crippen molar-refractivity contribution < 1.29 is 19.2 Å². The molecule has 0 radical (unpaired) electrons. The van der Waals surface area contributed by atoms with Crippen LogP contribution in [0.2, 0.25) is 0 Å². The van der Waals surface area contributed by atoms with E-state index in [4.69, 9.17) is 5.11 Å². The maximum absolute atomic E-state index is 13.7. The fourth-order valence-corrected chi connectivity index (χ4v) is 2.16. The summed E-state index contributed by atoms with van der Waals surface area (Å²) in [5, 5.41) is 19.9. The number of carboxylic acids is 1. The number of anilines is 1. The van der Waals surface area contributed by atoms with Gasteiger partial charge in [-0.1, -0.05) is 0 Å². The average molecular weight is 283 g/mol. The molecule has 108 valence electrons. The number of nitro benzene ring substituents is 1. The monoisotopic (exact) mass is 283 g/mol. The molecule has 1 aliphatic rings. The van der Waals surface area contributed by atoms with E-state index in [9.17, 15) is 19.3 Å². The van der Waals surface area contributed by atoms with Crippen LogP contribution < -0.4 is 4.90 Å². The lowest BCUT2D eigenvalue weighted by molar-refractivity contribution is -0.384. The van der Waals surface area contributed by atoms with Gasteiger partial charge in [0.1, 0.15) is 17.1 Å². The van der Waals surface area contributed by atoms with E-state index in [1.807, 2.05) is 7.05 Å². The Morgan fingerprint density at radius 2 is 1.95 bits per heavy atom. The van der Waals surface area contributed by atoms with Crippen LogP contribution in [-0.4, -0.2) is 54.1 Å². The number of nitro groups is 1. The molecular weight excluding hydrogens is 269 g/mol. The standard InChI is InChI=1S/C12H14FN3O4/c1-14-2-4-15(5-3-14)10-7-9(13)8(12(17)18)6-11(10)16(19)20/h6-7H,2-5H2,1H3,(H,17,18). The number of rotatable bonds is 3. The largest absolute Gasteiger partial charge is 0.478 e. The van der Waals surface area contributed by atoms with E-state index < -0.39 is 22.3 Å². The van der Waals surface area contributed by atoms with E-state index in [2.05, 4.69) is 4.90 Å². The molecule has 0 spiro atoms. The first-order chi connectivity index (χ1) is 9.40. The van der Waals surface area contributed by atoms with Gasteiger partial charge in [0, 0.05) is 38.3 Å². The first-order valence-electron chi connectivity index (χ1n) is 6.05. The molecule has 0 bridgehead atoms. The Bertz CT molecular complexity index is 556. The Kier molecular flexibility index (Phi) is 3.84. The summed E-state index contributed by atoms with van der Waals surface area (Å²) in [6.45, 7) is 2.48. The van der Waals surface area contributed by atoms with Gasteiger partial charge in [-0.2, -0.15) is 0 Å². The summed E-state index contributed by atoms with van der Waals surface area (Å²) in [6, 6.07) is 1.72. The SMILES string of the molecule is CN1CCN(c2cc(F)c(C(=O)O)cc2[N+](=O)[O-])CC1. The van der Waals surface area contributed by atoms with Crippen molar-refractivity contribution in [1.29, 1.82) is 0 Å². The molecule has 1 heterocycles. The molecule has 1 fully saturated rings. The molecule has 0 saturated carbocycles. The smallest absolute Gasteiger partial charge is 0.338 e. The number of aromatic carboxylic acids is 1. The number of hydrogen-bond donors (Lipinski definition) is 1. The van der Waals surface area contributed by atoms with Gasteiger partial charge in [0.2, 0.25) is 0 Å². The third-order valence-corrected chi connectivity index (χ3v) is 3.34. The molecule has 0 unspecified atom stereocenters. The van der Waals surface area contributed by atoms with Crippen LogP contribution in [0.4, 0.5) is 15.8 Å². The van der Waals surface area contributed by atoms with E-state index in [-0.39, 0.29) is 11.4 Å². The van der Waals surface area contributed by atoms with Crippen LogP contribution in [-0.2, 0) is 0 Å². The van der Waals surface area contributed by atoms with Gasteiger partial charge in [-0.25, -0.2) is 9.18 Å². The topological polar surface area (TPSA) is 86.9 Å². The van der Waals surface area contributed by atoms with Gasteiger partial charge in [-0.3, -0.25) is 10.1 Å². The summed E-state index contributed by atoms with van der Waals surface area (Å²) < 4.78 is 13.7. The molecule has 1 N–H and O–H groups in total. The summed E-state index contributed by atoms with van der Waals surface area (Å²) in [5.41, 5.74) is -0.937. The Labute approximate surface area is 114 Å². The predicted octanol–water partition coefficient (Wildman–Crippen LogP) is 1.18. The van der Waals surface area contributed by atoms with Crippen LogP contribution in [0.25, 0.3) is 0 Å². The van der Waals surface area contributed by atoms with Gasteiger partial charge < -0.3 is 14.9 Å². The van der Waals surface area contributed by atoms with Crippen LogP contribution in [0.15, 0.2) is 12.1 Å². The van der Waals surface area contributed by atoms with Gasteiger partial charge in [0.25, 0.3) is 5.69 Å². The molecule has 1 saturated heterocycles. The third-order valence-electron chi connectivity index (χ3n) is 3.34. The van der Waals surface area contributed by atoms with E-state index >= 15 is 0 Å². The number of nitrogens with zero attached hydrogens (tertiary/aromatic N) is 3. The number of hydrogen-bond acceptors (Lipinski definition) is 5. The van der Waals surface area contributed by atoms with Crippen molar-refractivity contribution >= 4 is 17.3 Å². The van der Waals surface area contributed by atoms with Crippen molar-refractivity contribution in [3.63, 3.8) is 0 Å². The second-order valence-electron chi connectivity index (χ2n) is 4.67. The molecule has 1 aromatic rings. The molecule has 2 rings (SSSR count). The zero-order valence-corrected chi connectivity index (χ0v) is 10.9. The minimum Gasteiger partial charge on any atom is -0.478 e. The number of carbonyl (C=O) groups is 1. The summed E-state index contributed by atoms with van der Waals surface area (Å²) in [4.78, 5) is 25.0. The van der Waals surface area contributed by atoms with Crippen molar-refractivity contribution in [2.75, 3.05) is 38.1 Å². The maximum atomic E-state index is 13.7. The molecule has 20 heavy (non-hydrogen) atoms. The van der Waals surface area contributed by atoms with Crippen LogP contribution in [0, 0.1) is 15.9 Å². The average Bonchev–Trinajstić information content (AvgIpc) is 2.38. The fraction of sp³-hybridized carbons (Fsp3) is 0.417.